The van der Waals surface area contributed by atoms with Crippen LogP contribution in [0.1, 0.15) is 25.7 Å². The molecule has 2 aliphatic heterocycles. The minimum atomic E-state index is -0.354. The number of aromatic nitrogens is 2. The van der Waals surface area contributed by atoms with Gasteiger partial charge in [-0.05, 0) is 19.1 Å². The normalized spacial score (nSPS) is 20.2. The summed E-state index contributed by atoms with van der Waals surface area (Å²) in [6, 6.07) is 7.74. The van der Waals surface area contributed by atoms with Crippen LogP contribution < -0.4 is 4.74 Å². The van der Waals surface area contributed by atoms with E-state index in [1.165, 1.54) is 0 Å². The minimum Gasteiger partial charge on any atom is -0.493 e. The third-order valence-electron chi connectivity index (χ3n) is 4.69. The van der Waals surface area contributed by atoms with Crippen molar-refractivity contribution in [1.29, 1.82) is 0 Å². The topological polar surface area (TPSA) is 69.9 Å². The van der Waals surface area contributed by atoms with E-state index in [2.05, 4.69) is 15.0 Å². The lowest BCUT2D eigenvalue weighted by Crippen LogP contribution is -2.44. The van der Waals surface area contributed by atoms with Crippen LogP contribution in [0.15, 0.2) is 28.8 Å². The first kappa shape index (κ1) is 16.5. The summed E-state index contributed by atoms with van der Waals surface area (Å²) in [6.45, 7) is 6.39. The second kappa shape index (κ2) is 7.11. The van der Waals surface area contributed by atoms with Crippen molar-refractivity contribution in [3.05, 3.63) is 30.2 Å². The van der Waals surface area contributed by atoms with Gasteiger partial charge in [0.15, 0.2) is 5.79 Å². The first-order valence-corrected chi connectivity index (χ1v) is 8.83. The molecule has 4 rings (SSSR count). The molecule has 2 aromatic rings. The van der Waals surface area contributed by atoms with E-state index < -0.39 is 0 Å². The monoisotopic (exact) mass is 345 g/mol. The Labute approximate surface area is 146 Å². The van der Waals surface area contributed by atoms with Gasteiger partial charge in [-0.2, -0.15) is 4.98 Å². The van der Waals surface area contributed by atoms with Gasteiger partial charge in [0.1, 0.15) is 5.75 Å². The Morgan fingerprint density at radius 1 is 1.16 bits per heavy atom. The van der Waals surface area contributed by atoms with Crippen molar-refractivity contribution < 1.29 is 18.7 Å². The van der Waals surface area contributed by atoms with Gasteiger partial charge in [0, 0.05) is 25.9 Å². The molecule has 0 unspecified atom stereocenters. The Morgan fingerprint density at radius 2 is 1.92 bits per heavy atom. The average molecular weight is 345 g/mol. The fourth-order valence-corrected chi connectivity index (χ4v) is 3.39. The Bertz CT molecular complexity index is 702. The molecule has 2 saturated heterocycles. The predicted octanol–water partition coefficient (Wildman–Crippen LogP) is 2.47. The zero-order valence-electron chi connectivity index (χ0n) is 14.4. The molecule has 3 heterocycles. The molecule has 0 bridgehead atoms. The van der Waals surface area contributed by atoms with Gasteiger partial charge < -0.3 is 18.7 Å². The van der Waals surface area contributed by atoms with Crippen LogP contribution >= 0.6 is 0 Å². The summed E-state index contributed by atoms with van der Waals surface area (Å²) in [7, 11) is 0. The number of nitrogens with zero attached hydrogens (tertiary/aromatic N) is 3. The van der Waals surface area contributed by atoms with Crippen LogP contribution in [0.4, 0.5) is 0 Å². The lowest BCUT2D eigenvalue weighted by Gasteiger charge is -2.36. The Balaban J connectivity index is 1.41. The number of likely N-dealkylation sites (tertiary alicyclic amines) is 1. The smallest absolute Gasteiger partial charge is 0.241 e. The molecular weight excluding hydrogens is 322 g/mol. The highest BCUT2D eigenvalue weighted by molar-refractivity contribution is 5.63. The molecule has 0 radical (unpaired) electrons. The lowest BCUT2D eigenvalue weighted by atomic mass is 10.0. The van der Waals surface area contributed by atoms with Gasteiger partial charge in [-0.1, -0.05) is 17.3 Å². The summed E-state index contributed by atoms with van der Waals surface area (Å²) in [5.74, 6) is 1.60. The van der Waals surface area contributed by atoms with E-state index in [0.717, 1.165) is 37.2 Å². The predicted molar refractivity (Wildman–Crippen MR) is 90.0 cm³/mol. The van der Waals surface area contributed by atoms with E-state index in [-0.39, 0.29) is 5.79 Å². The molecule has 7 nitrogen and oxygen atoms in total. The maximum Gasteiger partial charge on any atom is 0.241 e. The molecule has 25 heavy (non-hydrogen) atoms. The summed E-state index contributed by atoms with van der Waals surface area (Å²) in [5.41, 5.74) is 0.852. The van der Waals surface area contributed by atoms with Crippen molar-refractivity contribution in [2.24, 2.45) is 0 Å². The van der Waals surface area contributed by atoms with Gasteiger partial charge >= 0.3 is 0 Å². The quantitative estimate of drug-likeness (QED) is 0.824. The minimum absolute atomic E-state index is 0.354. The Kier molecular flexibility index (Phi) is 4.70. The van der Waals surface area contributed by atoms with Gasteiger partial charge in [-0.15, -0.1) is 0 Å². The zero-order valence-corrected chi connectivity index (χ0v) is 14.4. The van der Waals surface area contributed by atoms with Crippen molar-refractivity contribution in [3.8, 4) is 17.1 Å². The number of hydrogen-bond donors (Lipinski definition) is 0. The van der Waals surface area contributed by atoms with E-state index in [1.807, 2.05) is 31.2 Å². The molecule has 0 aliphatic carbocycles. The number of para-hydroxylation sites is 1. The fraction of sp³-hybridized carbons (Fsp3) is 0.556. The van der Waals surface area contributed by atoms with E-state index in [9.17, 15) is 0 Å². The van der Waals surface area contributed by atoms with Gasteiger partial charge in [0.25, 0.3) is 0 Å². The second-order valence-electron chi connectivity index (χ2n) is 6.32. The lowest BCUT2D eigenvalue weighted by molar-refractivity contribution is -0.186. The highest BCUT2D eigenvalue weighted by Gasteiger charge is 2.39. The van der Waals surface area contributed by atoms with Crippen LogP contribution in [0.2, 0.25) is 0 Å². The number of ether oxygens (including phenoxy) is 3. The number of benzene rings is 1. The molecule has 0 N–H and O–H groups in total. The zero-order chi connectivity index (χ0) is 17.1. The van der Waals surface area contributed by atoms with Crippen LogP contribution in [0.25, 0.3) is 11.4 Å². The average Bonchev–Trinajstić information content (AvgIpc) is 3.28. The SMILES string of the molecule is CCOc1ccccc1-c1noc(CN2CCC3(CC2)OCCO3)n1. The maximum absolute atomic E-state index is 5.76. The number of rotatable bonds is 5. The molecule has 1 aromatic carbocycles. The number of hydrogen-bond acceptors (Lipinski definition) is 7. The molecule has 2 fully saturated rings. The van der Waals surface area contributed by atoms with Crippen molar-refractivity contribution in [1.82, 2.24) is 15.0 Å². The van der Waals surface area contributed by atoms with Crippen molar-refractivity contribution in [2.75, 3.05) is 32.9 Å². The van der Waals surface area contributed by atoms with Crippen LogP contribution in [0.5, 0.6) is 5.75 Å². The van der Waals surface area contributed by atoms with Crippen LogP contribution in [0.3, 0.4) is 0 Å². The molecule has 2 aliphatic rings. The van der Waals surface area contributed by atoms with Crippen molar-refractivity contribution in [2.45, 2.75) is 32.1 Å². The van der Waals surface area contributed by atoms with Crippen molar-refractivity contribution in [3.63, 3.8) is 0 Å². The van der Waals surface area contributed by atoms with E-state index >= 15 is 0 Å². The molecular formula is C18H23N3O4. The Morgan fingerprint density at radius 3 is 2.68 bits per heavy atom. The molecule has 134 valence electrons. The summed E-state index contributed by atoms with van der Waals surface area (Å²) in [4.78, 5) is 6.84. The van der Waals surface area contributed by atoms with Crippen LogP contribution in [0, 0.1) is 0 Å². The molecule has 0 saturated carbocycles. The van der Waals surface area contributed by atoms with E-state index in [1.54, 1.807) is 0 Å². The van der Waals surface area contributed by atoms with E-state index in [4.69, 9.17) is 18.7 Å². The van der Waals surface area contributed by atoms with Gasteiger partial charge in [0.05, 0.1) is 31.9 Å². The van der Waals surface area contributed by atoms with Gasteiger partial charge in [-0.3, -0.25) is 4.90 Å². The van der Waals surface area contributed by atoms with Gasteiger partial charge in [-0.25, -0.2) is 0 Å². The van der Waals surface area contributed by atoms with E-state index in [0.29, 0.717) is 38.1 Å². The first-order chi connectivity index (χ1) is 12.3. The fourth-order valence-electron chi connectivity index (χ4n) is 3.39. The summed E-state index contributed by atoms with van der Waals surface area (Å²) in [5, 5.41) is 4.12. The maximum atomic E-state index is 5.76. The first-order valence-electron chi connectivity index (χ1n) is 8.83. The van der Waals surface area contributed by atoms with Crippen LogP contribution in [-0.4, -0.2) is 53.7 Å². The molecule has 1 spiro atoms. The van der Waals surface area contributed by atoms with Crippen molar-refractivity contribution >= 4 is 0 Å². The molecule has 1 aromatic heterocycles. The second-order valence-corrected chi connectivity index (χ2v) is 6.32. The highest BCUT2D eigenvalue weighted by Crippen LogP contribution is 2.32. The molecule has 0 atom stereocenters. The summed E-state index contributed by atoms with van der Waals surface area (Å²) < 4.78 is 22.6. The number of piperidine rings is 1. The molecule has 7 heteroatoms. The largest absolute Gasteiger partial charge is 0.493 e. The van der Waals surface area contributed by atoms with Gasteiger partial charge in [0.2, 0.25) is 11.7 Å². The molecule has 0 amide bonds. The van der Waals surface area contributed by atoms with Crippen LogP contribution in [-0.2, 0) is 16.0 Å². The third-order valence-corrected chi connectivity index (χ3v) is 4.69. The Hall–Kier alpha value is -1.96. The third kappa shape index (κ3) is 3.53. The standard InChI is InChI=1S/C18H23N3O4/c1-2-22-15-6-4-3-5-14(15)17-19-16(25-20-17)13-21-9-7-18(8-10-21)23-11-12-24-18/h3-6H,2,7-13H2,1H3. The highest BCUT2D eigenvalue weighted by atomic mass is 16.7. The summed E-state index contributed by atoms with van der Waals surface area (Å²) in [6.07, 6.45) is 1.75. The summed E-state index contributed by atoms with van der Waals surface area (Å²) >= 11 is 0.